The highest BCUT2D eigenvalue weighted by atomic mass is 35.5. The third-order valence-electron chi connectivity index (χ3n) is 3.89. The van der Waals surface area contributed by atoms with E-state index in [0.29, 0.717) is 11.3 Å². The maximum atomic E-state index is 9.69. The molecule has 2 N–H and O–H groups in total. The fraction of sp³-hybridized carbons (Fsp3) is 0.333. The first kappa shape index (κ1) is 17.9. The van der Waals surface area contributed by atoms with Crippen molar-refractivity contribution in [2.45, 2.75) is 39.1 Å². The minimum absolute atomic E-state index is 0.130. The molecule has 0 aromatic heterocycles. The summed E-state index contributed by atoms with van der Waals surface area (Å²) in [5, 5.41) is 19.6. The van der Waals surface area contributed by atoms with Crippen LogP contribution in [0.4, 0.5) is 0 Å². The van der Waals surface area contributed by atoms with E-state index in [9.17, 15) is 10.1 Å². The summed E-state index contributed by atoms with van der Waals surface area (Å²) < 4.78 is 5.64. The summed E-state index contributed by atoms with van der Waals surface area (Å²) in [6.45, 7) is 7.97. The molecule has 0 spiro atoms. The van der Waals surface area contributed by atoms with Gasteiger partial charge < -0.3 is 14.8 Å². The molecule has 1 unspecified atom stereocenters. The first-order valence-corrected chi connectivity index (χ1v) is 8.09. The molecular formula is C18H22BClO3. The predicted octanol–water partition coefficient (Wildman–Crippen LogP) is 4.61. The average molecular weight is 333 g/mol. The standard InChI is InChI=1S/C18H22BClO3/c1-12(2)16-8-9-19(22)23-18(16)7-4-13(3)10-14-5-6-15(21)11-17(14)20/h5-6,8,10-11,18,21-22H,1,4,7,9H2,2-3H3/b13-10+. The Morgan fingerprint density at radius 2 is 2.22 bits per heavy atom. The van der Waals surface area contributed by atoms with Crippen LogP contribution < -0.4 is 0 Å². The second-order valence-corrected chi connectivity index (χ2v) is 6.40. The minimum atomic E-state index is -0.737. The van der Waals surface area contributed by atoms with Gasteiger partial charge in [0.05, 0.1) is 11.1 Å². The number of benzene rings is 1. The lowest BCUT2D eigenvalue weighted by molar-refractivity contribution is 0.183. The van der Waals surface area contributed by atoms with Crippen molar-refractivity contribution in [2.24, 2.45) is 0 Å². The van der Waals surface area contributed by atoms with Gasteiger partial charge in [-0.05, 0) is 56.0 Å². The Kier molecular flexibility index (Phi) is 6.11. The molecule has 0 saturated heterocycles. The Morgan fingerprint density at radius 1 is 1.48 bits per heavy atom. The molecule has 3 nitrogen and oxygen atoms in total. The highest BCUT2D eigenvalue weighted by Gasteiger charge is 2.26. The van der Waals surface area contributed by atoms with Gasteiger partial charge in [-0.3, -0.25) is 0 Å². The molecule has 0 aliphatic carbocycles. The molecule has 0 saturated carbocycles. The monoisotopic (exact) mass is 332 g/mol. The number of aromatic hydroxyl groups is 1. The smallest absolute Gasteiger partial charge is 0.458 e. The van der Waals surface area contributed by atoms with Crippen LogP contribution in [0.5, 0.6) is 5.75 Å². The Labute approximate surface area is 143 Å². The van der Waals surface area contributed by atoms with E-state index in [4.69, 9.17) is 16.3 Å². The van der Waals surface area contributed by atoms with Gasteiger partial charge in [-0.1, -0.05) is 41.5 Å². The Morgan fingerprint density at radius 3 is 2.87 bits per heavy atom. The molecule has 1 aliphatic rings. The molecule has 1 aromatic carbocycles. The Balaban J connectivity index is 2.04. The zero-order valence-corrected chi connectivity index (χ0v) is 14.3. The zero-order valence-electron chi connectivity index (χ0n) is 13.6. The van der Waals surface area contributed by atoms with Gasteiger partial charge in [0, 0.05) is 6.32 Å². The molecule has 2 rings (SSSR count). The second kappa shape index (κ2) is 7.87. The molecule has 1 aliphatic heterocycles. The fourth-order valence-electron chi connectivity index (χ4n) is 2.68. The molecular weight excluding hydrogens is 310 g/mol. The maximum Gasteiger partial charge on any atom is 0.458 e. The van der Waals surface area contributed by atoms with Crippen LogP contribution in [0.25, 0.3) is 6.08 Å². The lowest BCUT2D eigenvalue weighted by Gasteiger charge is -2.27. The number of allylic oxidation sites excluding steroid dienone is 2. The minimum Gasteiger partial charge on any atom is -0.508 e. The summed E-state index contributed by atoms with van der Waals surface area (Å²) in [5.74, 6) is 0.158. The van der Waals surface area contributed by atoms with E-state index in [-0.39, 0.29) is 11.9 Å². The van der Waals surface area contributed by atoms with Gasteiger partial charge in [0.25, 0.3) is 0 Å². The lowest BCUT2D eigenvalue weighted by atomic mass is 9.78. The number of phenols is 1. The summed E-state index contributed by atoms with van der Waals surface area (Å²) in [6.07, 6.45) is 5.99. The van der Waals surface area contributed by atoms with Crippen molar-refractivity contribution < 1.29 is 14.8 Å². The third kappa shape index (κ3) is 5.00. The highest BCUT2D eigenvalue weighted by molar-refractivity contribution is 6.43. The van der Waals surface area contributed by atoms with Gasteiger partial charge in [-0.25, -0.2) is 0 Å². The van der Waals surface area contributed by atoms with Crippen LogP contribution in [0, 0.1) is 0 Å². The van der Waals surface area contributed by atoms with E-state index in [1.54, 1.807) is 12.1 Å². The molecule has 5 heteroatoms. The highest BCUT2D eigenvalue weighted by Crippen LogP contribution is 2.28. The van der Waals surface area contributed by atoms with E-state index in [0.717, 1.165) is 35.1 Å². The average Bonchev–Trinajstić information content (AvgIpc) is 2.48. The molecule has 122 valence electrons. The molecule has 1 heterocycles. The van der Waals surface area contributed by atoms with E-state index in [1.807, 2.05) is 26.0 Å². The van der Waals surface area contributed by atoms with Crippen LogP contribution in [0.15, 0.2) is 47.6 Å². The predicted molar refractivity (Wildman–Crippen MR) is 96.6 cm³/mol. The van der Waals surface area contributed by atoms with E-state index in [2.05, 4.69) is 6.58 Å². The quantitative estimate of drug-likeness (QED) is 0.774. The maximum absolute atomic E-state index is 9.69. The van der Waals surface area contributed by atoms with Crippen LogP contribution >= 0.6 is 11.6 Å². The molecule has 0 bridgehead atoms. The van der Waals surface area contributed by atoms with Gasteiger partial charge in [-0.15, -0.1) is 0 Å². The zero-order chi connectivity index (χ0) is 17.0. The van der Waals surface area contributed by atoms with Crippen molar-refractivity contribution in [1.29, 1.82) is 0 Å². The molecule has 0 fully saturated rings. The number of rotatable bonds is 5. The van der Waals surface area contributed by atoms with E-state index < -0.39 is 7.12 Å². The van der Waals surface area contributed by atoms with Crippen LogP contribution in [-0.2, 0) is 4.65 Å². The molecule has 23 heavy (non-hydrogen) atoms. The van der Waals surface area contributed by atoms with Gasteiger partial charge in [0.2, 0.25) is 0 Å². The second-order valence-electron chi connectivity index (χ2n) is 5.99. The van der Waals surface area contributed by atoms with E-state index in [1.165, 1.54) is 6.07 Å². The van der Waals surface area contributed by atoms with Gasteiger partial charge in [0.15, 0.2) is 0 Å². The van der Waals surface area contributed by atoms with Crippen molar-refractivity contribution in [3.05, 3.63) is 58.2 Å². The summed E-state index contributed by atoms with van der Waals surface area (Å²) in [7, 11) is -0.737. The first-order chi connectivity index (χ1) is 10.9. The summed E-state index contributed by atoms with van der Waals surface area (Å²) in [5.41, 5.74) is 4.08. The number of halogens is 1. The van der Waals surface area contributed by atoms with Crippen molar-refractivity contribution in [3.8, 4) is 5.75 Å². The van der Waals surface area contributed by atoms with Crippen molar-refractivity contribution in [2.75, 3.05) is 0 Å². The van der Waals surface area contributed by atoms with Crippen molar-refractivity contribution >= 4 is 24.8 Å². The first-order valence-electron chi connectivity index (χ1n) is 7.72. The molecule has 1 aromatic rings. The van der Waals surface area contributed by atoms with Crippen molar-refractivity contribution in [1.82, 2.24) is 0 Å². The van der Waals surface area contributed by atoms with Crippen LogP contribution in [-0.4, -0.2) is 23.4 Å². The van der Waals surface area contributed by atoms with Gasteiger partial charge in [-0.2, -0.15) is 0 Å². The Hall–Kier alpha value is -1.49. The Bertz CT molecular complexity index is 652. The lowest BCUT2D eigenvalue weighted by Crippen LogP contribution is -2.31. The number of phenolic OH excluding ortho intramolecular Hbond substituents is 1. The number of hydrogen-bond acceptors (Lipinski definition) is 3. The summed E-state index contributed by atoms with van der Waals surface area (Å²) >= 11 is 6.12. The molecule has 0 radical (unpaired) electrons. The van der Waals surface area contributed by atoms with Gasteiger partial charge >= 0.3 is 7.12 Å². The SMILES string of the molecule is C=C(C)C1=CCB(O)OC1CC/C(C)=C/c1ccc(O)cc1Cl. The third-order valence-corrected chi connectivity index (χ3v) is 4.21. The van der Waals surface area contributed by atoms with Crippen LogP contribution in [0.1, 0.15) is 32.3 Å². The molecule has 1 atom stereocenters. The van der Waals surface area contributed by atoms with Crippen LogP contribution in [0.2, 0.25) is 11.3 Å². The topological polar surface area (TPSA) is 49.7 Å². The fourth-order valence-corrected chi connectivity index (χ4v) is 2.91. The number of hydrogen-bond donors (Lipinski definition) is 2. The van der Waals surface area contributed by atoms with E-state index >= 15 is 0 Å². The summed E-state index contributed by atoms with van der Waals surface area (Å²) in [4.78, 5) is 0. The van der Waals surface area contributed by atoms with Crippen molar-refractivity contribution in [3.63, 3.8) is 0 Å². The summed E-state index contributed by atoms with van der Waals surface area (Å²) in [6, 6.07) is 4.94. The van der Waals surface area contributed by atoms with Crippen LogP contribution in [0.3, 0.4) is 0 Å². The van der Waals surface area contributed by atoms with Gasteiger partial charge in [0.1, 0.15) is 5.75 Å². The normalized spacial score (nSPS) is 18.8. The largest absolute Gasteiger partial charge is 0.508 e. The molecule has 0 amide bonds.